The van der Waals surface area contributed by atoms with Crippen molar-refractivity contribution in [3.63, 3.8) is 0 Å². The number of hydrogen-bond acceptors (Lipinski definition) is 3. The van der Waals surface area contributed by atoms with Gasteiger partial charge in [0.2, 0.25) is 0 Å². The van der Waals surface area contributed by atoms with Crippen LogP contribution < -0.4 is 5.32 Å². The van der Waals surface area contributed by atoms with E-state index >= 15 is 0 Å². The number of aromatic nitrogens is 2. The average Bonchev–Trinajstić information content (AvgIpc) is 2.92. The molecule has 0 bridgehead atoms. The van der Waals surface area contributed by atoms with Gasteiger partial charge in [0.25, 0.3) is 5.91 Å². The Labute approximate surface area is 163 Å². The zero-order chi connectivity index (χ0) is 19.6. The summed E-state index contributed by atoms with van der Waals surface area (Å²) in [6, 6.07) is 7.33. The van der Waals surface area contributed by atoms with Crippen LogP contribution in [0.15, 0.2) is 28.7 Å². The number of hydrogen-bond donors (Lipinski definition) is 1. The molecule has 1 fully saturated rings. The van der Waals surface area contributed by atoms with Crippen molar-refractivity contribution in [1.29, 1.82) is 0 Å². The molecule has 1 amide bonds. The van der Waals surface area contributed by atoms with Crippen LogP contribution in [0.5, 0.6) is 0 Å². The van der Waals surface area contributed by atoms with Crippen molar-refractivity contribution >= 4 is 27.5 Å². The molecule has 1 aliphatic rings. The number of nitrogens with zero attached hydrogens (tertiary/aromatic N) is 3. The standard InChI is InChI=1S/C18H20BrF3N4O/c1-25-16(18(20,21)22)14(19)15(24-25)17(27)23-13-7-5-12(6-8-13)11-26-9-3-2-4-10-26/h5-8H,2-4,9-11H2,1H3,(H,23,27). The minimum Gasteiger partial charge on any atom is -0.321 e. The van der Waals surface area contributed by atoms with E-state index in [1.807, 2.05) is 12.1 Å². The fourth-order valence-corrected chi connectivity index (χ4v) is 3.95. The summed E-state index contributed by atoms with van der Waals surface area (Å²) < 4.78 is 39.4. The quantitative estimate of drug-likeness (QED) is 0.758. The third-order valence-corrected chi connectivity index (χ3v) is 5.29. The number of carbonyl (C=O) groups excluding carboxylic acids is 1. The fourth-order valence-electron chi connectivity index (χ4n) is 3.21. The summed E-state index contributed by atoms with van der Waals surface area (Å²) in [5.41, 5.74) is 0.341. The van der Waals surface area contributed by atoms with Gasteiger partial charge in [-0.1, -0.05) is 18.6 Å². The second kappa shape index (κ2) is 8.02. The lowest BCUT2D eigenvalue weighted by atomic mass is 10.1. The summed E-state index contributed by atoms with van der Waals surface area (Å²) in [4.78, 5) is 14.7. The smallest absolute Gasteiger partial charge is 0.321 e. The third-order valence-electron chi connectivity index (χ3n) is 4.54. The van der Waals surface area contributed by atoms with Gasteiger partial charge in [0, 0.05) is 19.3 Å². The Balaban J connectivity index is 1.68. The van der Waals surface area contributed by atoms with Crippen molar-refractivity contribution in [1.82, 2.24) is 14.7 Å². The minimum atomic E-state index is -4.60. The van der Waals surface area contributed by atoms with E-state index in [9.17, 15) is 18.0 Å². The molecule has 3 rings (SSSR count). The molecule has 0 atom stereocenters. The Morgan fingerprint density at radius 3 is 2.37 bits per heavy atom. The second-order valence-corrected chi connectivity index (χ2v) is 7.41. The second-order valence-electron chi connectivity index (χ2n) is 6.62. The van der Waals surface area contributed by atoms with E-state index in [-0.39, 0.29) is 10.2 Å². The molecule has 0 radical (unpaired) electrons. The van der Waals surface area contributed by atoms with E-state index in [0.29, 0.717) is 10.4 Å². The molecule has 0 spiro atoms. The van der Waals surface area contributed by atoms with E-state index in [0.717, 1.165) is 32.2 Å². The molecule has 2 aromatic rings. The Morgan fingerprint density at radius 1 is 1.19 bits per heavy atom. The summed E-state index contributed by atoms with van der Waals surface area (Å²) in [5, 5.41) is 6.29. The molecule has 27 heavy (non-hydrogen) atoms. The largest absolute Gasteiger partial charge is 0.434 e. The highest BCUT2D eigenvalue weighted by Gasteiger charge is 2.39. The van der Waals surface area contributed by atoms with E-state index < -0.39 is 17.8 Å². The molecule has 0 unspecified atom stereocenters. The highest BCUT2D eigenvalue weighted by molar-refractivity contribution is 9.10. The summed E-state index contributed by atoms with van der Waals surface area (Å²) in [7, 11) is 1.15. The number of nitrogens with one attached hydrogen (secondary N) is 1. The van der Waals surface area contributed by atoms with Crippen LogP contribution in [0.4, 0.5) is 18.9 Å². The maximum atomic E-state index is 13.0. The first-order valence-electron chi connectivity index (χ1n) is 8.68. The molecule has 0 aliphatic carbocycles. The molecular weight excluding hydrogens is 425 g/mol. The number of piperidine rings is 1. The van der Waals surface area contributed by atoms with Gasteiger partial charge in [-0.05, 0) is 59.6 Å². The third kappa shape index (κ3) is 4.70. The number of benzene rings is 1. The van der Waals surface area contributed by atoms with Crippen LogP contribution in [0.2, 0.25) is 0 Å². The van der Waals surface area contributed by atoms with Crippen LogP contribution in [0.25, 0.3) is 0 Å². The van der Waals surface area contributed by atoms with E-state index in [2.05, 4.69) is 31.2 Å². The lowest BCUT2D eigenvalue weighted by Crippen LogP contribution is -2.29. The van der Waals surface area contributed by atoms with Gasteiger partial charge in [0.15, 0.2) is 11.4 Å². The van der Waals surface area contributed by atoms with Crippen molar-refractivity contribution in [2.24, 2.45) is 7.05 Å². The lowest BCUT2D eigenvalue weighted by molar-refractivity contribution is -0.144. The molecule has 1 aromatic carbocycles. The van der Waals surface area contributed by atoms with Crippen LogP contribution >= 0.6 is 15.9 Å². The predicted molar refractivity (Wildman–Crippen MR) is 99.4 cm³/mol. The molecule has 5 nitrogen and oxygen atoms in total. The van der Waals surface area contributed by atoms with Gasteiger partial charge in [-0.3, -0.25) is 14.4 Å². The Kier molecular flexibility index (Phi) is 5.90. The molecule has 1 saturated heterocycles. The topological polar surface area (TPSA) is 50.2 Å². The molecule has 146 valence electrons. The van der Waals surface area contributed by atoms with E-state index in [1.54, 1.807) is 12.1 Å². The maximum Gasteiger partial charge on any atom is 0.434 e. The molecule has 1 aromatic heterocycles. The van der Waals surface area contributed by atoms with Crippen molar-refractivity contribution in [2.45, 2.75) is 32.0 Å². The van der Waals surface area contributed by atoms with E-state index in [4.69, 9.17) is 0 Å². The van der Waals surface area contributed by atoms with Crippen molar-refractivity contribution in [3.8, 4) is 0 Å². The summed E-state index contributed by atoms with van der Waals surface area (Å²) >= 11 is 2.85. The summed E-state index contributed by atoms with van der Waals surface area (Å²) in [6.45, 7) is 3.04. The zero-order valence-electron chi connectivity index (χ0n) is 14.8. The van der Waals surface area contributed by atoms with Crippen LogP contribution in [0, 0.1) is 0 Å². The highest BCUT2D eigenvalue weighted by atomic mass is 79.9. The minimum absolute atomic E-state index is 0.304. The summed E-state index contributed by atoms with van der Waals surface area (Å²) in [5.74, 6) is -0.697. The Bertz CT molecular complexity index is 811. The maximum absolute atomic E-state index is 13.0. The number of amides is 1. The molecule has 1 N–H and O–H groups in total. The van der Waals surface area contributed by atoms with Crippen molar-refractivity contribution in [3.05, 3.63) is 45.7 Å². The number of anilines is 1. The first-order valence-corrected chi connectivity index (χ1v) is 9.47. The predicted octanol–water partition coefficient (Wildman–Crippen LogP) is 4.44. The zero-order valence-corrected chi connectivity index (χ0v) is 16.4. The first-order chi connectivity index (χ1) is 12.8. The monoisotopic (exact) mass is 444 g/mol. The highest BCUT2D eigenvalue weighted by Crippen LogP contribution is 2.36. The molecule has 9 heteroatoms. The number of rotatable bonds is 4. The number of aryl methyl sites for hydroxylation is 1. The SMILES string of the molecule is Cn1nc(C(=O)Nc2ccc(CN3CCCCC3)cc2)c(Br)c1C(F)(F)F. The van der Waals surface area contributed by atoms with Gasteiger partial charge in [-0.25, -0.2) is 0 Å². The van der Waals surface area contributed by atoms with Crippen molar-refractivity contribution < 1.29 is 18.0 Å². The van der Waals surface area contributed by atoms with Crippen molar-refractivity contribution in [2.75, 3.05) is 18.4 Å². The first kappa shape index (κ1) is 19.9. The average molecular weight is 445 g/mol. The number of alkyl halides is 3. The molecular formula is C18H20BrF3N4O. The van der Waals surface area contributed by atoms with Gasteiger partial charge in [0.05, 0.1) is 4.47 Å². The lowest BCUT2D eigenvalue weighted by Gasteiger charge is -2.26. The Morgan fingerprint density at radius 2 is 1.81 bits per heavy atom. The van der Waals surface area contributed by atoms with Gasteiger partial charge < -0.3 is 5.32 Å². The number of halogens is 4. The fraction of sp³-hybridized carbons (Fsp3) is 0.444. The van der Waals surface area contributed by atoms with Crippen LogP contribution in [0.3, 0.4) is 0 Å². The normalized spacial score (nSPS) is 15.7. The van der Waals surface area contributed by atoms with Crippen LogP contribution in [-0.2, 0) is 19.8 Å². The van der Waals surface area contributed by atoms with Gasteiger partial charge in [-0.2, -0.15) is 18.3 Å². The number of likely N-dealkylation sites (tertiary alicyclic amines) is 1. The molecule has 1 aliphatic heterocycles. The van der Waals surface area contributed by atoms with Crippen LogP contribution in [0.1, 0.15) is 41.0 Å². The van der Waals surface area contributed by atoms with Gasteiger partial charge in [-0.15, -0.1) is 0 Å². The van der Waals surface area contributed by atoms with Gasteiger partial charge >= 0.3 is 6.18 Å². The Hall–Kier alpha value is -1.87. The number of carbonyl (C=O) groups is 1. The van der Waals surface area contributed by atoms with Gasteiger partial charge in [0.1, 0.15) is 0 Å². The molecule has 2 heterocycles. The molecule has 0 saturated carbocycles. The summed E-state index contributed by atoms with van der Waals surface area (Å²) in [6.07, 6.45) is -0.893. The van der Waals surface area contributed by atoms with Crippen LogP contribution in [-0.4, -0.2) is 33.7 Å². The van der Waals surface area contributed by atoms with E-state index in [1.165, 1.54) is 19.3 Å².